The average molecular weight is 446 g/mol. The number of likely N-dealkylation sites (N-methyl/N-ethyl adjacent to an activating group) is 2. The number of amides is 1. The average Bonchev–Trinajstić information content (AvgIpc) is 3.41. The van der Waals surface area contributed by atoms with Crippen molar-refractivity contribution in [3.63, 3.8) is 0 Å². The topological polar surface area (TPSA) is 51.2 Å². The molecule has 2 atom stereocenters. The number of hydrazone groups is 1. The fraction of sp³-hybridized carbons (Fsp3) is 0.385. The molecule has 7 heteroatoms. The summed E-state index contributed by atoms with van der Waals surface area (Å²) in [4.78, 5) is 18.3. The molecular weight excluding hydrogens is 417 g/mol. The van der Waals surface area contributed by atoms with Gasteiger partial charge in [-0.25, -0.2) is 4.39 Å². The van der Waals surface area contributed by atoms with E-state index in [1.807, 2.05) is 26.2 Å². The van der Waals surface area contributed by atoms with Gasteiger partial charge in [0, 0.05) is 58.1 Å². The van der Waals surface area contributed by atoms with Gasteiger partial charge >= 0.3 is 0 Å². The summed E-state index contributed by atoms with van der Waals surface area (Å²) < 4.78 is 14.5. The minimum Gasteiger partial charge on any atom is -0.375 e. The minimum atomic E-state index is -0.228. The van der Waals surface area contributed by atoms with Crippen LogP contribution in [0, 0.1) is 17.7 Å². The van der Waals surface area contributed by atoms with Crippen LogP contribution in [0.1, 0.15) is 23.1 Å². The first-order valence-electron chi connectivity index (χ1n) is 11.5. The maximum absolute atomic E-state index is 14.5. The second kappa shape index (κ2) is 7.42. The van der Waals surface area contributed by atoms with E-state index in [0.29, 0.717) is 18.4 Å². The van der Waals surface area contributed by atoms with Gasteiger partial charge in [-0.1, -0.05) is 12.2 Å². The molecule has 0 aromatic heterocycles. The molecule has 0 radical (unpaired) electrons. The van der Waals surface area contributed by atoms with Gasteiger partial charge in [0.05, 0.1) is 18.0 Å². The van der Waals surface area contributed by atoms with Crippen molar-refractivity contribution in [1.82, 2.24) is 20.1 Å². The molecule has 1 fully saturated rings. The normalized spacial score (nSPS) is 25.1. The summed E-state index contributed by atoms with van der Waals surface area (Å²) in [6.07, 6.45) is 9.38. The Hall–Kier alpha value is -3.19. The van der Waals surface area contributed by atoms with Crippen LogP contribution >= 0.6 is 0 Å². The maximum Gasteiger partial charge on any atom is 0.236 e. The summed E-state index contributed by atoms with van der Waals surface area (Å²) in [5.41, 5.74) is 11.5. The molecule has 3 aliphatic heterocycles. The number of fused-ring (bicyclic) bond motifs is 3. The van der Waals surface area contributed by atoms with Gasteiger partial charge in [-0.2, -0.15) is 5.10 Å². The van der Waals surface area contributed by atoms with E-state index in [9.17, 15) is 9.18 Å². The van der Waals surface area contributed by atoms with Crippen molar-refractivity contribution in [1.29, 1.82) is 0 Å². The van der Waals surface area contributed by atoms with Gasteiger partial charge in [0.2, 0.25) is 5.91 Å². The van der Waals surface area contributed by atoms with E-state index in [2.05, 4.69) is 34.5 Å². The maximum atomic E-state index is 14.5. The van der Waals surface area contributed by atoms with Crippen LogP contribution in [-0.2, 0) is 4.79 Å². The lowest BCUT2D eigenvalue weighted by atomic mass is 9.88. The Bertz CT molecular complexity index is 1220. The Kier molecular flexibility index (Phi) is 4.59. The molecule has 33 heavy (non-hydrogen) atoms. The van der Waals surface area contributed by atoms with E-state index < -0.39 is 0 Å². The van der Waals surface area contributed by atoms with Gasteiger partial charge in [-0.05, 0) is 58.7 Å². The number of hydrogen-bond acceptors (Lipinski definition) is 5. The van der Waals surface area contributed by atoms with Crippen molar-refractivity contribution in [2.24, 2.45) is 16.9 Å². The number of nitrogens with one attached hydrogen (secondary N) is 1. The van der Waals surface area contributed by atoms with Crippen LogP contribution in [-0.4, -0.2) is 73.6 Å². The van der Waals surface area contributed by atoms with E-state index in [4.69, 9.17) is 5.10 Å². The van der Waals surface area contributed by atoms with Crippen LogP contribution in [0.4, 0.5) is 4.39 Å². The molecular formula is C26H28FN5O. The number of carbonyl (C=O) groups excluding carboxylic acids is 1. The molecule has 170 valence electrons. The van der Waals surface area contributed by atoms with Gasteiger partial charge in [0.15, 0.2) is 0 Å². The number of hydrogen-bond donors (Lipinski definition) is 1. The molecule has 0 bridgehead atoms. The molecule has 1 aromatic rings. The van der Waals surface area contributed by atoms with Crippen molar-refractivity contribution in [2.45, 2.75) is 6.42 Å². The molecule has 0 spiro atoms. The van der Waals surface area contributed by atoms with Crippen molar-refractivity contribution in [3.05, 3.63) is 69.8 Å². The Labute approximate surface area is 193 Å². The van der Waals surface area contributed by atoms with Crippen molar-refractivity contribution in [2.75, 3.05) is 47.3 Å². The zero-order chi connectivity index (χ0) is 22.9. The Morgan fingerprint density at radius 2 is 2.12 bits per heavy atom. The molecule has 1 aromatic carbocycles. The highest BCUT2D eigenvalue weighted by molar-refractivity contribution is 6.20. The number of halogens is 1. The largest absolute Gasteiger partial charge is 0.375 e. The summed E-state index contributed by atoms with van der Waals surface area (Å²) in [7, 11) is 5.69. The minimum absolute atomic E-state index is 0.157. The van der Waals surface area contributed by atoms with Crippen LogP contribution in [0.5, 0.6) is 0 Å². The van der Waals surface area contributed by atoms with Crippen LogP contribution in [0.2, 0.25) is 0 Å². The van der Waals surface area contributed by atoms with Gasteiger partial charge in [0.1, 0.15) is 5.82 Å². The van der Waals surface area contributed by atoms with Gasteiger partial charge in [-0.15, -0.1) is 0 Å². The molecule has 1 saturated heterocycles. The fourth-order valence-corrected chi connectivity index (χ4v) is 5.82. The predicted octanol–water partition coefficient (Wildman–Crippen LogP) is 2.67. The number of likely N-dealkylation sites (tertiary alicyclic amines) is 1. The second-order valence-corrected chi connectivity index (χ2v) is 9.97. The lowest BCUT2D eigenvalue weighted by molar-refractivity contribution is -0.129. The fourth-order valence-electron chi connectivity index (χ4n) is 5.82. The Balaban J connectivity index is 1.34. The van der Waals surface area contributed by atoms with E-state index >= 15 is 0 Å². The van der Waals surface area contributed by atoms with E-state index in [-0.39, 0.29) is 11.7 Å². The van der Waals surface area contributed by atoms with Crippen molar-refractivity contribution < 1.29 is 9.18 Å². The van der Waals surface area contributed by atoms with Gasteiger partial charge in [-0.3, -0.25) is 15.1 Å². The third-order valence-electron chi connectivity index (χ3n) is 7.43. The quantitative estimate of drug-likeness (QED) is 0.777. The third kappa shape index (κ3) is 3.33. The first-order chi connectivity index (χ1) is 15.9. The molecule has 2 aliphatic carbocycles. The molecule has 5 aliphatic rings. The van der Waals surface area contributed by atoms with Crippen LogP contribution in [0.25, 0.3) is 11.6 Å². The summed E-state index contributed by atoms with van der Waals surface area (Å²) in [6, 6.07) is 3.21. The lowest BCUT2D eigenvalue weighted by Gasteiger charge is -2.29. The van der Waals surface area contributed by atoms with Crippen LogP contribution < -0.4 is 5.43 Å². The summed E-state index contributed by atoms with van der Waals surface area (Å²) in [5.74, 6) is 0.926. The zero-order valence-electron chi connectivity index (χ0n) is 19.2. The lowest BCUT2D eigenvalue weighted by Crippen LogP contribution is -2.35. The molecule has 6 rings (SSSR count). The number of benzene rings is 1. The van der Waals surface area contributed by atoms with Crippen molar-refractivity contribution in [3.8, 4) is 0 Å². The summed E-state index contributed by atoms with van der Waals surface area (Å²) >= 11 is 0. The SMILES string of the molecule is CN1C=C2C(=C(C3=CC4CN(CC(=O)N(C)C)CC4C3)C1)NN=C1C=Cc3cc(F)cc2c31. The second-order valence-electron chi connectivity index (χ2n) is 9.97. The standard InChI is InChI=1S/C26H28FN5O/c1-30(2)24(33)14-32-10-17-6-16(7-18(17)11-32)21-12-31(3)13-22-20-9-19(27)8-15-4-5-23(25(15)20)28-29-26(21)22/h4-6,8-9,13,17-18,29H,7,10-12,14H2,1-3H3. The highest BCUT2D eigenvalue weighted by Gasteiger charge is 2.39. The van der Waals surface area contributed by atoms with Crippen LogP contribution in [0.3, 0.4) is 0 Å². The molecule has 1 N–H and O–H groups in total. The van der Waals surface area contributed by atoms with Gasteiger partial charge in [0.25, 0.3) is 0 Å². The highest BCUT2D eigenvalue weighted by Crippen LogP contribution is 2.44. The summed E-state index contributed by atoms with van der Waals surface area (Å²) in [6.45, 7) is 3.15. The first-order valence-corrected chi connectivity index (χ1v) is 11.5. The predicted molar refractivity (Wildman–Crippen MR) is 128 cm³/mol. The summed E-state index contributed by atoms with van der Waals surface area (Å²) in [5, 5.41) is 4.69. The number of nitrogens with zero attached hydrogens (tertiary/aromatic N) is 4. The van der Waals surface area contributed by atoms with Crippen molar-refractivity contribution >= 4 is 23.3 Å². The number of carbonyl (C=O) groups is 1. The highest BCUT2D eigenvalue weighted by atomic mass is 19.1. The molecule has 3 heterocycles. The van der Waals surface area contributed by atoms with E-state index in [0.717, 1.165) is 59.7 Å². The zero-order valence-corrected chi connectivity index (χ0v) is 19.2. The monoisotopic (exact) mass is 445 g/mol. The van der Waals surface area contributed by atoms with E-state index in [1.54, 1.807) is 17.0 Å². The first kappa shape index (κ1) is 20.4. The van der Waals surface area contributed by atoms with E-state index in [1.165, 1.54) is 11.1 Å². The smallest absolute Gasteiger partial charge is 0.236 e. The number of allylic oxidation sites excluding steroid dienone is 2. The van der Waals surface area contributed by atoms with Gasteiger partial charge < -0.3 is 9.80 Å². The molecule has 6 nitrogen and oxygen atoms in total. The molecule has 1 amide bonds. The number of rotatable bonds is 3. The Morgan fingerprint density at radius 3 is 2.91 bits per heavy atom. The third-order valence-corrected chi connectivity index (χ3v) is 7.43. The van der Waals surface area contributed by atoms with Crippen LogP contribution in [0.15, 0.2) is 52.4 Å². The molecule has 0 saturated carbocycles. The molecule has 2 unspecified atom stereocenters. The Morgan fingerprint density at radius 1 is 1.27 bits per heavy atom.